The maximum absolute atomic E-state index is 8.89. The van der Waals surface area contributed by atoms with E-state index in [9.17, 15) is 0 Å². The molecule has 0 saturated carbocycles. The smallest absolute Gasteiger partial charge is 0.169 e. The molecule has 15 heavy (non-hydrogen) atoms. The third-order valence-corrected chi connectivity index (χ3v) is 2.50. The first kappa shape index (κ1) is 14.8. The van der Waals surface area contributed by atoms with Gasteiger partial charge in [0, 0.05) is 27.4 Å². The molecule has 0 spiro atoms. The minimum absolute atomic E-state index is 0.179. The van der Waals surface area contributed by atoms with Crippen LogP contribution in [0.1, 0.15) is 26.2 Å². The molecule has 0 bridgehead atoms. The summed E-state index contributed by atoms with van der Waals surface area (Å²) >= 11 is 0. The van der Waals surface area contributed by atoms with E-state index in [2.05, 4.69) is 12.2 Å². The van der Waals surface area contributed by atoms with Gasteiger partial charge in [-0.05, 0) is 25.3 Å². The molecule has 0 aromatic rings. The van der Waals surface area contributed by atoms with Gasteiger partial charge < -0.3 is 19.9 Å². The molecule has 0 aliphatic carbocycles. The molecule has 92 valence electrons. The standard InChI is InChI=1S/C11H25NO3/c1-4-5-10(6-7-13)8-12-9-11(14-2)15-3/h10-13H,4-9H2,1-3H3. The topological polar surface area (TPSA) is 50.7 Å². The first-order valence-electron chi connectivity index (χ1n) is 5.65. The molecule has 4 nitrogen and oxygen atoms in total. The van der Waals surface area contributed by atoms with Crippen LogP contribution < -0.4 is 5.32 Å². The Balaban J connectivity index is 3.59. The zero-order chi connectivity index (χ0) is 11.5. The van der Waals surface area contributed by atoms with Crippen molar-refractivity contribution in [3.8, 4) is 0 Å². The fourth-order valence-corrected chi connectivity index (χ4v) is 1.61. The van der Waals surface area contributed by atoms with E-state index in [1.165, 1.54) is 0 Å². The van der Waals surface area contributed by atoms with Crippen molar-refractivity contribution < 1.29 is 14.6 Å². The third-order valence-electron chi connectivity index (χ3n) is 2.50. The summed E-state index contributed by atoms with van der Waals surface area (Å²) in [5.41, 5.74) is 0. The molecule has 0 aromatic heterocycles. The zero-order valence-electron chi connectivity index (χ0n) is 10.2. The number of aliphatic hydroxyl groups is 1. The number of nitrogens with one attached hydrogen (secondary N) is 1. The van der Waals surface area contributed by atoms with E-state index in [1.54, 1.807) is 14.2 Å². The quantitative estimate of drug-likeness (QED) is 0.538. The van der Waals surface area contributed by atoms with E-state index in [0.29, 0.717) is 12.5 Å². The van der Waals surface area contributed by atoms with Crippen molar-refractivity contribution in [3.05, 3.63) is 0 Å². The molecule has 0 heterocycles. The molecule has 4 heteroatoms. The summed E-state index contributed by atoms with van der Waals surface area (Å²) in [6, 6.07) is 0. The van der Waals surface area contributed by atoms with Gasteiger partial charge in [0.25, 0.3) is 0 Å². The van der Waals surface area contributed by atoms with Crippen molar-refractivity contribution in [2.24, 2.45) is 5.92 Å². The summed E-state index contributed by atoms with van der Waals surface area (Å²) in [5, 5.41) is 12.2. The lowest BCUT2D eigenvalue weighted by Crippen LogP contribution is -2.33. The second kappa shape index (κ2) is 10.4. The predicted molar refractivity (Wildman–Crippen MR) is 60.8 cm³/mol. The fourth-order valence-electron chi connectivity index (χ4n) is 1.61. The first-order valence-corrected chi connectivity index (χ1v) is 5.65. The highest BCUT2D eigenvalue weighted by Gasteiger charge is 2.09. The lowest BCUT2D eigenvalue weighted by atomic mass is 10.0. The van der Waals surface area contributed by atoms with Crippen molar-refractivity contribution >= 4 is 0 Å². The molecule has 0 aliphatic rings. The Morgan fingerprint density at radius 2 is 1.80 bits per heavy atom. The molecular weight excluding hydrogens is 194 g/mol. The van der Waals surface area contributed by atoms with Crippen molar-refractivity contribution in [1.29, 1.82) is 0 Å². The molecule has 0 amide bonds. The molecule has 0 aliphatic heterocycles. The number of aliphatic hydroxyl groups excluding tert-OH is 1. The Kier molecular flexibility index (Phi) is 10.3. The van der Waals surface area contributed by atoms with Gasteiger partial charge in [-0.2, -0.15) is 0 Å². The Bertz CT molecular complexity index is 123. The summed E-state index contributed by atoms with van der Waals surface area (Å²) < 4.78 is 10.1. The average molecular weight is 219 g/mol. The first-order chi connectivity index (χ1) is 7.28. The normalized spacial score (nSPS) is 13.4. The lowest BCUT2D eigenvalue weighted by molar-refractivity contribution is -0.0990. The summed E-state index contributed by atoms with van der Waals surface area (Å²) in [6.45, 7) is 4.04. The number of rotatable bonds is 10. The van der Waals surface area contributed by atoms with Crippen LogP contribution in [0.4, 0.5) is 0 Å². The van der Waals surface area contributed by atoms with Crippen LogP contribution in [0.25, 0.3) is 0 Å². The summed E-state index contributed by atoms with van der Waals surface area (Å²) in [5.74, 6) is 0.550. The van der Waals surface area contributed by atoms with E-state index < -0.39 is 0 Å². The number of methoxy groups -OCH3 is 2. The second-order valence-corrected chi connectivity index (χ2v) is 3.73. The molecule has 2 N–H and O–H groups in total. The monoisotopic (exact) mass is 219 g/mol. The molecule has 0 saturated heterocycles. The van der Waals surface area contributed by atoms with Crippen molar-refractivity contribution in [1.82, 2.24) is 5.32 Å². The van der Waals surface area contributed by atoms with Crippen LogP contribution in [-0.2, 0) is 9.47 Å². The van der Waals surface area contributed by atoms with Gasteiger partial charge >= 0.3 is 0 Å². The van der Waals surface area contributed by atoms with E-state index in [0.717, 1.165) is 25.8 Å². The van der Waals surface area contributed by atoms with Crippen LogP contribution in [0.15, 0.2) is 0 Å². The highest BCUT2D eigenvalue weighted by atomic mass is 16.7. The summed E-state index contributed by atoms with van der Waals surface area (Å²) in [7, 11) is 3.26. The van der Waals surface area contributed by atoms with Gasteiger partial charge in [0.2, 0.25) is 0 Å². The minimum Gasteiger partial charge on any atom is -0.396 e. The van der Waals surface area contributed by atoms with Gasteiger partial charge in [0.15, 0.2) is 6.29 Å². The van der Waals surface area contributed by atoms with Crippen LogP contribution in [-0.4, -0.2) is 45.3 Å². The predicted octanol–water partition coefficient (Wildman–Crippen LogP) is 0.994. The van der Waals surface area contributed by atoms with Crippen LogP contribution in [0.2, 0.25) is 0 Å². The summed E-state index contributed by atoms with van der Waals surface area (Å²) in [6.07, 6.45) is 3.00. The molecule has 0 rings (SSSR count). The molecule has 1 unspecified atom stereocenters. The minimum atomic E-state index is -0.179. The Hall–Kier alpha value is -0.160. The highest BCUT2D eigenvalue weighted by Crippen LogP contribution is 2.09. The van der Waals surface area contributed by atoms with Crippen molar-refractivity contribution in [2.45, 2.75) is 32.5 Å². The van der Waals surface area contributed by atoms with Gasteiger partial charge in [0.1, 0.15) is 0 Å². The van der Waals surface area contributed by atoms with E-state index in [4.69, 9.17) is 14.6 Å². The zero-order valence-corrected chi connectivity index (χ0v) is 10.2. The largest absolute Gasteiger partial charge is 0.396 e. The number of hydrogen-bond acceptors (Lipinski definition) is 4. The number of hydrogen-bond donors (Lipinski definition) is 2. The van der Waals surface area contributed by atoms with Gasteiger partial charge in [-0.15, -0.1) is 0 Å². The average Bonchev–Trinajstić information content (AvgIpc) is 2.25. The van der Waals surface area contributed by atoms with Crippen LogP contribution in [0.5, 0.6) is 0 Å². The van der Waals surface area contributed by atoms with Gasteiger partial charge in [-0.3, -0.25) is 0 Å². The van der Waals surface area contributed by atoms with Gasteiger partial charge in [0.05, 0.1) is 0 Å². The maximum atomic E-state index is 8.89. The molecule has 0 fully saturated rings. The van der Waals surface area contributed by atoms with Crippen molar-refractivity contribution in [2.75, 3.05) is 33.9 Å². The van der Waals surface area contributed by atoms with E-state index in [-0.39, 0.29) is 12.9 Å². The highest BCUT2D eigenvalue weighted by molar-refractivity contribution is 4.62. The van der Waals surface area contributed by atoms with E-state index in [1.807, 2.05) is 0 Å². The van der Waals surface area contributed by atoms with Crippen molar-refractivity contribution in [3.63, 3.8) is 0 Å². The summed E-state index contributed by atoms with van der Waals surface area (Å²) in [4.78, 5) is 0. The lowest BCUT2D eigenvalue weighted by Gasteiger charge is -2.18. The fraction of sp³-hybridized carbons (Fsp3) is 1.00. The Labute approximate surface area is 93.0 Å². The molecule has 0 aromatic carbocycles. The van der Waals surface area contributed by atoms with Crippen LogP contribution >= 0.6 is 0 Å². The van der Waals surface area contributed by atoms with Gasteiger partial charge in [-0.1, -0.05) is 13.3 Å². The SMILES string of the molecule is CCCC(CCO)CNCC(OC)OC. The second-order valence-electron chi connectivity index (χ2n) is 3.73. The number of ether oxygens (including phenoxy) is 2. The molecule has 0 radical (unpaired) electrons. The van der Waals surface area contributed by atoms with Crippen LogP contribution in [0.3, 0.4) is 0 Å². The molecular formula is C11H25NO3. The molecule has 1 atom stereocenters. The maximum Gasteiger partial charge on any atom is 0.169 e. The Morgan fingerprint density at radius 3 is 2.27 bits per heavy atom. The van der Waals surface area contributed by atoms with Gasteiger partial charge in [-0.25, -0.2) is 0 Å². The Morgan fingerprint density at radius 1 is 1.13 bits per heavy atom. The van der Waals surface area contributed by atoms with E-state index >= 15 is 0 Å². The van der Waals surface area contributed by atoms with Crippen LogP contribution in [0, 0.1) is 5.92 Å². The third kappa shape index (κ3) is 7.73.